The lowest BCUT2D eigenvalue weighted by Gasteiger charge is -2.02. The van der Waals surface area contributed by atoms with Crippen molar-refractivity contribution in [2.75, 3.05) is 6.54 Å². The Balaban J connectivity index is 2.19. The third-order valence-corrected chi connectivity index (χ3v) is 2.86. The predicted molar refractivity (Wildman–Crippen MR) is 73.5 cm³/mol. The van der Waals surface area contributed by atoms with Crippen LogP contribution in [0.2, 0.25) is 5.02 Å². The van der Waals surface area contributed by atoms with Gasteiger partial charge in [-0.3, -0.25) is 4.68 Å². The zero-order valence-corrected chi connectivity index (χ0v) is 10.9. The quantitative estimate of drug-likeness (QED) is 0.841. The van der Waals surface area contributed by atoms with Gasteiger partial charge in [-0.2, -0.15) is 5.10 Å². The number of hydrogen-bond donors (Lipinski definition) is 1. The Morgan fingerprint density at radius 2 is 2.28 bits per heavy atom. The average molecular weight is 260 g/mol. The molecule has 1 aromatic carbocycles. The van der Waals surface area contributed by atoms with Crippen LogP contribution < -0.4 is 5.73 Å². The Kier molecular flexibility index (Phi) is 4.03. The number of nitrogens with zero attached hydrogens (tertiary/aromatic N) is 2. The van der Waals surface area contributed by atoms with Gasteiger partial charge in [-0.1, -0.05) is 35.6 Å². The third-order valence-electron chi connectivity index (χ3n) is 2.49. The molecule has 0 saturated heterocycles. The zero-order chi connectivity index (χ0) is 13.0. The van der Waals surface area contributed by atoms with Gasteiger partial charge in [0.2, 0.25) is 0 Å². The van der Waals surface area contributed by atoms with E-state index in [4.69, 9.17) is 17.3 Å². The second-order valence-corrected chi connectivity index (χ2v) is 4.37. The maximum absolute atomic E-state index is 5.98. The van der Waals surface area contributed by atoms with Crippen LogP contribution in [0.4, 0.5) is 0 Å². The molecule has 4 heteroatoms. The van der Waals surface area contributed by atoms with Crippen molar-refractivity contribution < 1.29 is 0 Å². The number of rotatable bonds is 2. The highest BCUT2D eigenvalue weighted by atomic mass is 35.5. The molecule has 0 fully saturated rings. The molecule has 0 radical (unpaired) electrons. The topological polar surface area (TPSA) is 43.8 Å². The van der Waals surface area contributed by atoms with Crippen molar-refractivity contribution in [1.82, 2.24) is 9.78 Å². The van der Waals surface area contributed by atoms with E-state index in [0.29, 0.717) is 18.1 Å². The summed E-state index contributed by atoms with van der Waals surface area (Å²) >= 11 is 5.98. The second-order valence-electron chi connectivity index (χ2n) is 3.97. The van der Waals surface area contributed by atoms with Crippen LogP contribution in [0, 0.1) is 18.8 Å². The van der Waals surface area contributed by atoms with E-state index in [1.165, 1.54) is 0 Å². The molecule has 0 saturated carbocycles. The molecule has 1 aromatic heterocycles. The van der Waals surface area contributed by atoms with Crippen molar-refractivity contribution in [3.8, 4) is 11.8 Å². The summed E-state index contributed by atoms with van der Waals surface area (Å²) in [6.07, 6.45) is 1.83. The zero-order valence-electron chi connectivity index (χ0n) is 10.2. The van der Waals surface area contributed by atoms with E-state index in [0.717, 1.165) is 16.8 Å². The van der Waals surface area contributed by atoms with Crippen LogP contribution in [-0.4, -0.2) is 16.3 Å². The summed E-state index contributed by atoms with van der Waals surface area (Å²) in [5.41, 5.74) is 8.30. The molecule has 0 bridgehead atoms. The Morgan fingerprint density at radius 1 is 1.44 bits per heavy atom. The standard InChI is InChI=1S/C14H14ClN3/c1-11-14(15)10-18(17-11)9-13-5-2-4-12(8-13)6-3-7-16/h2,4-5,8,10H,7,9,16H2,1H3. The van der Waals surface area contributed by atoms with E-state index < -0.39 is 0 Å². The van der Waals surface area contributed by atoms with Gasteiger partial charge in [-0.25, -0.2) is 0 Å². The second kappa shape index (κ2) is 5.72. The Hall–Kier alpha value is -1.76. The van der Waals surface area contributed by atoms with Crippen LogP contribution in [0.5, 0.6) is 0 Å². The van der Waals surface area contributed by atoms with E-state index in [9.17, 15) is 0 Å². The van der Waals surface area contributed by atoms with E-state index in [1.54, 1.807) is 0 Å². The van der Waals surface area contributed by atoms with Crippen LogP contribution in [0.1, 0.15) is 16.8 Å². The molecule has 0 aliphatic rings. The molecule has 2 rings (SSSR count). The summed E-state index contributed by atoms with van der Waals surface area (Å²) in [5, 5.41) is 5.01. The first-order valence-electron chi connectivity index (χ1n) is 5.66. The number of halogens is 1. The number of benzene rings is 1. The van der Waals surface area contributed by atoms with E-state index in [1.807, 2.05) is 42.1 Å². The molecule has 0 aliphatic carbocycles. The lowest BCUT2D eigenvalue weighted by molar-refractivity contribution is 0.679. The smallest absolute Gasteiger partial charge is 0.0815 e. The summed E-state index contributed by atoms with van der Waals surface area (Å²) in [6, 6.07) is 8.02. The molecule has 2 aromatic rings. The van der Waals surface area contributed by atoms with Gasteiger partial charge in [0.05, 0.1) is 23.8 Å². The van der Waals surface area contributed by atoms with Gasteiger partial charge in [-0.05, 0) is 24.6 Å². The molecule has 0 aliphatic heterocycles. The number of aromatic nitrogens is 2. The molecule has 3 nitrogen and oxygen atoms in total. The van der Waals surface area contributed by atoms with Crippen molar-refractivity contribution in [3.05, 3.63) is 52.3 Å². The first-order chi connectivity index (χ1) is 8.69. The Labute approximate surface area is 112 Å². The fourth-order valence-corrected chi connectivity index (χ4v) is 1.81. The molecule has 18 heavy (non-hydrogen) atoms. The van der Waals surface area contributed by atoms with E-state index in [-0.39, 0.29) is 0 Å². The predicted octanol–water partition coefficient (Wildman–Crippen LogP) is 2.20. The van der Waals surface area contributed by atoms with Crippen LogP contribution in [0.3, 0.4) is 0 Å². The maximum atomic E-state index is 5.98. The van der Waals surface area contributed by atoms with Crippen LogP contribution >= 0.6 is 11.6 Å². The van der Waals surface area contributed by atoms with Crippen molar-refractivity contribution in [1.29, 1.82) is 0 Å². The first-order valence-corrected chi connectivity index (χ1v) is 6.04. The van der Waals surface area contributed by atoms with Crippen molar-refractivity contribution >= 4 is 11.6 Å². The number of aryl methyl sites for hydroxylation is 1. The fourth-order valence-electron chi connectivity index (χ4n) is 1.66. The summed E-state index contributed by atoms with van der Waals surface area (Å²) in [6.45, 7) is 2.95. The minimum atomic E-state index is 0.373. The van der Waals surface area contributed by atoms with Crippen LogP contribution in [-0.2, 0) is 6.54 Å². The van der Waals surface area contributed by atoms with Crippen LogP contribution in [0.15, 0.2) is 30.5 Å². The van der Waals surface area contributed by atoms with Gasteiger partial charge in [0, 0.05) is 11.8 Å². The Morgan fingerprint density at radius 3 is 2.94 bits per heavy atom. The lowest BCUT2D eigenvalue weighted by atomic mass is 10.1. The molecule has 92 valence electrons. The van der Waals surface area contributed by atoms with Crippen LogP contribution in [0.25, 0.3) is 0 Å². The molecule has 0 amide bonds. The molecule has 2 N–H and O–H groups in total. The average Bonchev–Trinajstić information content (AvgIpc) is 2.66. The number of hydrogen-bond acceptors (Lipinski definition) is 2. The molecular weight excluding hydrogens is 246 g/mol. The SMILES string of the molecule is Cc1nn(Cc2cccc(C#CCN)c2)cc1Cl. The van der Waals surface area contributed by atoms with Crippen molar-refractivity contribution in [3.63, 3.8) is 0 Å². The van der Waals surface area contributed by atoms with E-state index in [2.05, 4.69) is 16.9 Å². The Bertz CT molecular complexity index is 585. The lowest BCUT2D eigenvalue weighted by Crippen LogP contribution is -2.00. The van der Waals surface area contributed by atoms with Gasteiger partial charge < -0.3 is 5.73 Å². The summed E-state index contributed by atoms with van der Waals surface area (Å²) in [5.74, 6) is 5.86. The largest absolute Gasteiger partial charge is 0.320 e. The fraction of sp³-hybridized carbons (Fsp3) is 0.214. The van der Waals surface area contributed by atoms with Gasteiger partial charge in [0.25, 0.3) is 0 Å². The first kappa shape index (κ1) is 12.7. The minimum absolute atomic E-state index is 0.373. The highest BCUT2D eigenvalue weighted by Crippen LogP contribution is 2.13. The summed E-state index contributed by atoms with van der Waals surface area (Å²) in [4.78, 5) is 0. The normalized spacial score (nSPS) is 9.94. The van der Waals surface area contributed by atoms with Gasteiger partial charge in [0.1, 0.15) is 0 Å². The minimum Gasteiger partial charge on any atom is -0.320 e. The van der Waals surface area contributed by atoms with Crippen molar-refractivity contribution in [2.24, 2.45) is 5.73 Å². The number of nitrogens with two attached hydrogens (primary N) is 1. The van der Waals surface area contributed by atoms with Gasteiger partial charge in [-0.15, -0.1) is 0 Å². The third kappa shape index (κ3) is 3.13. The van der Waals surface area contributed by atoms with E-state index >= 15 is 0 Å². The summed E-state index contributed by atoms with van der Waals surface area (Å²) in [7, 11) is 0. The van der Waals surface area contributed by atoms with Gasteiger partial charge >= 0.3 is 0 Å². The molecule has 0 spiro atoms. The molecule has 0 unspecified atom stereocenters. The van der Waals surface area contributed by atoms with Crippen molar-refractivity contribution in [2.45, 2.75) is 13.5 Å². The summed E-state index contributed by atoms with van der Waals surface area (Å²) < 4.78 is 1.83. The highest BCUT2D eigenvalue weighted by molar-refractivity contribution is 6.31. The highest BCUT2D eigenvalue weighted by Gasteiger charge is 2.02. The van der Waals surface area contributed by atoms with Gasteiger partial charge in [0.15, 0.2) is 0 Å². The monoisotopic (exact) mass is 259 g/mol. The molecule has 1 heterocycles. The molecular formula is C14H14ClN3. The molecule has 0 atom stereocenters. The maximum Gasteiger partial charge on any atom is 0.0815 e.